The Balaban J connectivity index is 1.48. The van der Waals surface area contributed by atoms with Crippen molar-refractivity contribution in [2.45, 2.75) is 31.5 Å². The number of benzene rings is 1. The molecule has 11 heteroatoms. The zero-order valence-corrected chi connectivity index (χ0v) is 20.6. The van der Waals surface area contributed by atoms with Gasteiger partial charge in [0.15, 0.2) is 5.75 Å². The number of pyridine rings is 1. The van der Waals surface area contributed by atoms with Crippen molar-refractivity contribution in [1.29, 1.82) is 0 Å². The Kier molecular flexibility index (Phi) is 6.38. The molecule has 5 heterocycles. The van der Waals surface area contributed by atoms with Crippen LogP contribution in [0.15, 0.2) is 42.7 Å². The smallest absolute Gasteiger partial charge is 0.491 e. The van der Waals surface area contributed by atoms with Gasteiger partial charge in [-0.15, -0.1) is 13.2 Å². The summed E-state index contributed by atoms with van der Waals surface area (Å²) in [6.07, 6.45) is 1.29. The number of nitrogens with one attached hydrogen (secondary N) is 3. The SMILES string of the molecule is O=C1NC[C@@H]2CCCN3CC[C@@H](COc4cnccc4-c4[nH]c2c1c4Nc1ccccc1OC(F)(F)F)C3. The molecule has 2 aromatic heterocycles. The maximum Gasteiger partial charge on any atom is 0.573 e. The van der Waals surface area contributed by atoms with Crippen molar-refractivity contribution in [3.63, 3.8) is 0 Å². The van der Waals surface area contributed by atoms with E-state index in [2.05, 4.69) is 30.2 Å². The van der Waals surface area contributed by atoms with Crippen LogP contribution < -0.4 is 20.1 Å². The molecule has 0 saturated carbocycles. The van der Waals surface area contributed by atoms with Crippen LogP contribution in [0.1, 0.15) is 41.2 Å². The highest BCUT2D eigenvalue weighted by molar-refractivity contribution is 6.07. The van der Waals surface area contributed by atoms with E-state index in [-0.39, 0.29) is 17.5 Å². The molecule has 0 radical (unpaired) electrons. The third kappa shape index (κ3) is 4.90. The maximum absolute atomic E-state index is 13.2. The molecule has 1 unspecified atom stereocenters. The first-order valence-electron chi connectivity index (χ1n) is 12.8. The molecular weight excluding hydrogens is 499 g/mol. The molecule has 1 saturated heterocycles. The second-order valence-corrected chi connectivity index (χ2v) is 10.0. The molecule has 1 fully saturated rings. The monoisotopic (exact) mass is 527 g/mol. The van der Waals surface area contributed by atoms with Gasteiger partial charge in [-0.3, -0.25) is 9.78 Å². The van der Waals surface area contributed by atoms with Crippen LogP contribution in [0, 0.1) is 5.92 Å². The van der Waals surface area contributed by atoms with Gasteiger partial charge in [-0.1, -0.05) is 12.1 Å². The zero-order valence-electron chi connectivity index (χ0n) is 20.6. The summed E-state index contributed by atoms with van der Waals surface area (Å²) in [5.41, 5.74) is 2.84. The van der Waals surface area contributed by atoms with E-state index in [1.165, 1.54) is 18.2 Å². The van der Waals surface area contributed by atoms with Gasteiger partial charge >= 0.3 is 6.36 Å². The summed E-state index contributed by atoms with van der Waals surface area (Å²) >= 11 is 0. The second kappa shape index (κ2) is 9.86. The Bertz CT molecular complexity index is 1340. The number of alkyl halides is 3. The van der Waals surface area contributed by atoms with Crippen molar-refractivity contribution >= 4 is 17.3 Å². The third-order valence-electron chi connectivity index (χ3n) is 7.47. The number of ether oxygens (including phenoxy) is 2. The number of hydrogen-bond donors (Lipinski definition) is 3. The molecule has 3 N–H and O–H groups in total. The number of anilines is 2. The first kappa shape index (κ1) is 24.6. The predicted molar refractivity (Wildman–Crippen MR) is 135 cm³/mol. The van der Waals surface area contributed by atoms with Crippen LogP contribution in [0.2, 0.25) is 0 Å². The minimum Gasteiger partial charge on any atom is -0.491 e. The standard InChI is InChI=1S/C27H28F3N5O3/c28-27(29,30)38-20-6-2-1-5-19(20)33-25-22-23-17(12-32-26(22)36)4-3-10-35-11-8-16(14-35)15-37-21-13-31-9-7-18(21)24(25)34-23/h1-2,5-7,9,13,16-17,33-34H,3-4,8,10-12,14-15H2,(H,32,36)/t16-,17+/m1/s1. The van der Waals surface area contributed by atoms with Gasteiger partial charge in [-0.25, -0.2) is 0 Å². The molecule has 3 aliphatic heterocycles. The first-order valence-corrected chi connectivity index (χ1v) is 12.8. The molecule has 8 nitrogen and oxygen atoms in total. The van der Waals surface area contributed by atoms with E-state index in [4.69, 9.17) is 4.74 Å². The summed E-state index contributed by atoms with van der Waals surface area (Å²) in [5.74, 6) is 0.294. The number of rotatable bonds is 3. The van der Waals surface area contributed by atoms with Crippen molar-refractivity contribution in [3.8, 4) is 22.8 Å². The Morgan fingerprint density at radius 1 is 1.16 bits per heavy atom. The lowest BCUT2D eigenvalue weighted by Gasteiger charge is -2.25. The van der Waals surface area contributed by atoms with Crippen LogP contribution in [0.5, 0.6) is 11.5 Å². The molecule has 4 bridgehead atoms. The molecule has 38 heavy (non-hydrogen) atoms. The molecule has 6 rings (SSSR count). The van der Waals surface area contributed by atoms with E-state index in [0.29, 0.717) is 47.3 Å². The fourth-order valence-electron chi connectivity index (χ4n) is 5.68. The number of fused-ring (bicyclic) bond motifs is 5. The molecule has 3 aromatic rings. The van der Waals surface area contributed by atoms with Gasteiger partial charge in [0, 0.05) is 42.4 Å². The van der Waals surface area contributed by atoms with Crippen LogP contribution >= 0.6 is 0 Å². The van der Waals surface area contributed by atoms with Crippen molar-refractivity contribution in [2.75, 3.05) is 38.1 Å². The Morgan fingerprint density at radius 3 is 2.89 bits per heavy atom. The number of aromatic nitrogens is 2. The van der Waals surface area contributed by atoms with E-state index in [9.17, 15) is 18.0 Å². The van der Waals surface area contributed by atoms with E-state index < -0.39 is 12.1 Å². The third-order valence-corrected chi connectivity index (χ3v) is 7.47. The quantitative estimate of drug-likeness (QED) is 0.442. The van der Waals surface area contributed by atoms with Crippen molar-refractivity contribution in [2.24, 2.45) is 5.92 Å². The molecule has 200 valence electrons. The topological polar surface area (TPSA) is 91.5 Å². The number of aromatic amines is 1. The largest absolute Gasteiger partial charge is 0.573 e. The minimum atomic E-state index is -4.87. The molecule has 0 spiro atoms. The summed E-state index contributed by atoms with van der Waals surface area (Å²) in [7, 11) is 0. The van der Waals surface area contributed by atoms with Crippen LogP contribution in [0.3, 0.4) is 0 Å². The molecule has 1 amide bonds. The number of nitrogens with zero attached hydrogens (tertiary/aromatic N) is 2. The lowest BCUT2D eigenvalue weighted by Crippen LogP contribution is -2.35. The van der Waals surface area contributed by atoms with E-state index in [1.54, 1.807) is 24.5 Å². The van der Waals surface area contributed by atoms with Gasteiger partial charge < -0.3 is 30.0 Å². The van der Waals surface area contributed by atoms with Gasteiger partial charge in [0.05, 0.1) is 35.4 Å². The summed E-state index contributed by atoms with van der Waals surface area (Å²) in [6.45, 7) is 4.01. The molecule has 0 aliphatic carbocycles. The second-order valence-electron chi connectivity index (χ2n) is 10.0. The lowest BCUT2D eigenvalue weighted by atomic mass is 9.92. The van der Waals surface area contributed by atoms with E-state index >= 15 is 0 Å². The number of hydrogen-bond acceptors (Lipinski definition) is 6. The summed E-state index contributed by atoms with van der Waals surface area (Å²) in [5, 5.41) is 6.08. The first-order chi connectivity index (χ1) is 18.4. The average Bonchev–Trinajstić information content (AvgIpc) is 3.49. The summed E-state index contributed by atoms with van der Waals surface area (Å²) < 4.78 is 50.0. The van der Waals surface area contributed by atoms with Crippen LogP contribution in [-0.4, -0.2) is 59.9 Å². The summed E-state index contributed by atoms with van der Waals surface area (Å²) in [6, 6.07) is 7.57. The zero-order chi connectivity index (χ0) is 26.3. The Morgan fingerprint density at radius 2 is 2.03 bits per heavy atom. The molecular formula is C27H28F3N5O3. The normalized spacial score (nSPS) is 23.0. The highest BCUT2D eigenvalue weighted by Gasteiger charge is 2.36. The van der Waals surface area contributed by atoms with Crippen LogP contribution in [-0.2, 0) is 0 Å². The van der Waals surface area contributed by atoms with Gasteiger partial charge in [0.2, 0.25) is 0 Å². The number of carbonyl (C=O) groups excluding carboxylic acids is 1. The van der Waals surface area contributed by atoms with Crippen LogP contribution in [0.25, 0.3) is 11.3 Å². The molecule has 3 atom stereocenters. The van der Waals surface area contributed by atoms with Gasteiger partial charge in [-0.2, -0.15) is 0 Å². The van der Waals surface area contributed by atoms with Crippen molar-refractivity contribution < 1.29 is 27.4 Å². The van der Waals surface area contributed by atoms with E-state index in [0.717, 1.165) is 44.6 Å². The van der Waals surface area contributed by atoms with Crippen LogP contribution in [0.4, 0.5) is 24.5 Å². The van der Waals surface area contributed by atoms with Gasteiger partial charge in [0.1, 0.15) is 5.75 Å². The Hall–Kier alpha value is -3.73. The Labute approximate surface area is 217 Å². The number of para-hydroxylation sites is 2. The fraction of sp³-hybridized carbons (Fsp3) is 0.407. The predicted octanol–water partition coefficient (Wildman–Crippen LogP) is 5.04. The summed E-state index contributed by atoms with van der Waals surface area (Å²) in [4.78, 5) is 23.4. The van der Waals surface area contributed by atoms with E-state index in [1.807, 2.05) is 0 Å². The highest BCUT2D eigenvalue weighted by Crippen LogP contribution is 2.44. The van der Waals surface area contributed by atoms with Crippen molar-refractivity contribution in [1.82, 2.24) is 20.2 Å². The molecule has 3 aliphatic rings. The van der Waals surface area contributed by atoms with Gasteiger partial charge in [0.25, 0.3) is 5.91 Å². The van der Waals surface area contributed by atoms with Crippen molar-refractivity contribution in [3.05, 3.63) is 54.0 Å². The highest BCUT2D eigenvalue weighted by atomic mass is 19.4. The molecule has 1 aromatic carbocycles. The van der Waals surface area contributed by atoms with Gasteiger partial charge in [-0.05, 0) is 50.6 Å². The lowest BCUT2D eigenvalue weighted by molar-refractivity contribution is -0.274. The maximum atomic E-state index is 13.2. The average molecular weight is 528 g/mol. The minimum absolute atomic E-state index is 0.0335. The number of halogens is 3. The number of amides is 1. The number of H-pyrrole nitrogens is 1. The fourth-order valence-corrected chi connectivity index (χ4v) is 5.68. The number of carbonyl (C=O) groups is 1.